The van der Waals surface area contributed by atoms with Gasteiger partial charge in [0.15, 0.2) is 4.77 Å². The molecule has 0 saturated carbocycles. The molecule has 0 unspecified atom stereocenters. The van der Waals surface area contributed by atoms with Crippen LogP contribution in [0.2, 0.25) is 0 Å². The number of H-pyrrole nitrogens is 1. The molecule has 27 heavy (non-hydrogen) atoms. The van der Waals surface area contributed by atoms with E-state index in [4.69, 9.17) is 12.2 Å². The molecule has 1 fully saturated rings. The first kappa shape index (κ1) is 18.1. The van der Waals surface area contributed by atoms with Gasteiger partial charge in [0.25, 0.3) is 5.56 Å². The van der Waals surface area contributed by atoms with E-state index in [1.807, 2.05) is 24.3 Å². The summed E-state index contributed by atoms with van der Waals surface area (Å²) in [6.45, 7) is 6.20. The highest BCUT2D eigenvalue weighted by molar-refractivity contribution is 7.71. The van der Waals surface area contributed by atoms with Crippen LogP contribution in [0.3, 0.4) is 0 Å². The van der Waals surface area contributed by atoms with Crippen molar-refractivity contribution in [2.24, 2.45) is 5.92 Å². The molecule has 1 saturated heterocycles. The molecule has 140 valence electrons. The second kappa shape index (κ2) is 7.79. The summed E-state index contributed by atoms with van der Waals surface area (Å²) in [7, 11) is 0. The first-order valence-corrected chi connectivity index (χ1v) is 10.0. The Hall–Kier alpha value is -2.24. The predicted octanol–water partition coefficient (Wildman–Crippen LogP) is 4.34. The number of hydrogen-bond acceptors (Lipinski definition) is 3. The van der Waals surface area contributed by atoms with Crippen molar-refractivity contribution in [3.8, 4) is 0 Å². The Bertz CT molecular complexity index is 1040. The van der Waals surface area contributed by atoms with E-state index in [0.717, 1.165) is 23.5 Å². The summed E-state index contributed by atoms with van der Waals surface area (Å²) in [6.07, 6.45) is 2.59. The fourth-order valence-corrected chi connectivity index (χ4v) is 4.01. The zero-order valence-electron chi connectivity index (χ0n) is 15.6. The summed E-state index contributed by atoms with van der Waals surface area (Å²) in [5, 5.41) is 0.669. The molecule has 2 heterocycles. The molecule has 4 nitrogen and oxygen atoms in total. The van der Waals surface area contributed by atoms with Crippen molar-refractivity contribution in [3.63, 3.8) is 0 Å². The van der Waals surface area contributed by atoms with Gasteiger partial charge in [-0.15, -0.1) is 0 Å². The molecule has 1 aliphatic heterocycles. The summed E-state index contributed by atoms with van der Waals surface area (Å²) in [6, 6.07) is 16.1. The molecule has 0 bridgehead atoms. The third-order valence-corrected chi connectivity index (χ3v) is 5.86. The summed E-state index contributed by atoms with van der Waals surface area (Å²) < 4.78 is 2.10. The zero-order valence-corrected chi connectivity index (χ0v) is 16.5. The topological polar surface area (TPSA) is 41.0 Å². The Morgan fingerprint density at radius 1 is 1.00 bits per heavy atom. The molecule has 1 aromatic heterocycles. The van der Waals surface area contributed by atoms with E-state index in [1.54, 1.807) is 4.57 Å². The number of likely N-dealkylation sites (tertiary alicyclic amines) is 1. The lowest BCUT2D eigenvalue weighted by Crippen LogP contribution is -2.32. The van der Waals surface area contributed by atoms with Gasteiger partial charge >= 0.3 is 0 Å². The number of nitrogens with one attached hydrogen (secondary N) is 1. The number of rotatable bonds is 4. The molecule has 0 radical (unpaired) electrons. The van der Waals surface area contributed by atoms with E-state index in [0.29, 0.717) is 16.7 Å². The molecule has 0 aliphatic carbocycles. The van der Waals surface area contributed by atoms with Crippen LogP contribution in [-0.2, 0) is 13.1 Å². The maximum Gasteiger partial charge on any atom is 0.262 e. The minimum Gasteiger partial charge on any atom is -0.332 e. The van der Waals surface area contributed by atoms with Crippen molar-refractivity contribution in [1.29, 1.82) is 0 Å². The van der Waals surface area contributed by atoms with Crippen molar-refractivity contribution in [3.05, 3.63) is 74.8 Å². The second-order valence-corrected chi connectivity index (χ2v) is 8.03. The van der Waals surface area contributed by atoms with Crippen molar-refractivity contribution in [1.82, 2.24) is 14.5 Å². The fourth-order valence-electron chi connectivity index (χ4n) is 3.75. The normalized spacial score (nSPS) is 16.0. The number of fused-ring (bicyclic) bond motifs is 1. The van der Waals surface area contributed by atoms with Crippen LogP contribution >= 0.6 is 12.2 Å². The number of benzene rings is 2. The zero-order chi connectivity index (χ0) is 18.8. The van der Waals surface area contributed by atoms with Crippen molar-refractivity contribution in [2.45, 2.75) is 32.9 Å². The highest BCUT2D eigenvalue weighted by atomic mass is 32.1. The van der Waals surface area contributed by atoms with Crippen LogP contribution in [0.1, 0.15) is 30.9 Å². The van der Waals surface area contributed by atoms with E-state index in [9.17, 15) is 4.79 Å². The predicted molar refractivity (Wildman–Crippen MR) is 113 cm³/mol. The molecule has 0 spiro atoms. The van der Waals surface area contributed by atoms with Gasteiger partial charge in [0, 0.05) is 6.54 Å². The molecule has 1 aliphatic rings. The number of para-hydroxylation sites is 1. The number of aromatic nitrogens is 2. The Morgan fingerprint density at radius 3 is 2.33 bits per heavy atom. The summed E-state index contributed by atoms with van der Waals surface area (Å²) in [5.41, 5.74) is 3.16. The first-order chi connectivity index (χ1) is 13.1. The Balaban J connectivity index is 1.51. The van der Waals surface area contributed by atoms with E-state index in [1.165, 1.54) is 31.5 Å². The summed E-state index contributed by atoms with van der Waals surface area (Å²) in [5.74, 6) is 0.855. The first-order valence-electron chi connectivity index (χ1n) is 9.62. The van der Waals surface area contributed by atoms with Gasteiger partial charge in [-0.25, -0.2) is 0 Å². The molecule has 5 heteroatoms. The van der Waals surface area contributed by atoms with Crippen LogP contribution in [0.4, 0.5) is 0 Å². The molecule has 0 atom stereocenters. The second-order valence-electron chi connectivity index (χ2n) is 7.64. The van der Waals surface area contributed by atoms with E-state index in [-0.39, 0.29) is 5.56 Å². The van der Waals surface area contributed by atoms with Crippen molar-refractivity contribution < 1.29 is 0 Å². The lowest BCUT2D eigenvalue weighted by Gasteiger charge is -2.30. The quantitative estimate of drug-likeness (QED) is 0.686. The SMILES string of the molecule is CC1CCN(Cc2ccc(Cn3c(=S)[nH]c4ccccc4c3=O)cc2)CC1. The van der Waals surface area contributed by atoms with Gasteiger partial charge in [-0.1, -0.05) is 43.3 Å². The molecule has 0 amide bonds. The third-order valence-electron chi connectivity index (χ3n) is 5.54. The Kier molecular flexibility index (Phi) is 5.23. The molecular weight excluding hydrogens is 354 g/mol. The van der Waals surface area contributed by atoms with E-state index < -0.39 is 0 Å². The summed E-state index contributed by atoms with van der Waals surface area (Å²) >= 11 is 5.41. The number of aromatic amines is 1. The van der Waals surface area contributed by atoms with Crippen LogP contribution < -0.4 is 5.56 Å². The van der Waals surface area contributed by atoms with Crippen LogP contribution in [0.5, 0.6) is 0 Å². The van der Waals surface area contributed by atoms with Crippen LogP contribution in [0.25, 0.3) is 10.9 Å². The number of hydrogen-bond donors (Lipinski definition) is 1. The Morgan fingerprint density at radius 2 is 1.63 bits per heavy atom. The molecular formula is C22H25N3OS. The van der Waals surface area contributed by atoms with Crippen LogP contribution in [0.15, 0.2) is 53.3 Å². The lowest BCUT2D eigenvalue weighted by atomic mass is 9.99. The summed E-state index contributed by atoms with van der Waals surface area (Å²) in [4.78, 5) is 18.5. The fraction of sp³-hybridized carbons (Fsp3) is 0.364. The van der Waals surface area contributed by atoms with Crippen LogP contribution in [0, 0.1) is 10.7 Å². The van der Waals surface area contributed by atoms with Gasteiger partial charge in [-0.05, 0) is 67.3 Å². The maximum atomic E-state index is 12.8. The van der Waals surface area contributed by atoms with Gasteiger partial charge < -0.3 is 4.98 Å². The lowest BCUT2D eigenvalue weighted by molar-refractivity contribution is 0.185. The minimum absolute atomic E-state index is 0.0409. The van der Waals surface area contributed by atoms with E-state index in [2.05, 4.69) is 41.1 Å². The van der Waals surface area contributed by atoms with Crippen molar-refractivity contribution in [2.75, 3.05) is 13.1 Å². The average Bonchev–Trinajstić information content (AvgIpc) is 2.68. The van der Waals surface area contributed by atoms with Crippen LogP contribution in [-0.4, -0.2) is 27.5 Å². The largest absolute Gasteiger partial charge is 0.332 e. The van der Waals surface area contributed by atoms with Gasteiger partial charge in [0.2, 0.25) is 0 Å². The molecule has 1 N–H and O–H groups in total. The third kappa shape index (κ3) is 4.04. The molecule has 2 aromatic carbocycles. The Labute approximate surface area is 164 Å². The average molecular weight is 380 g/mol. The molecule has 4 rings (SSSR count). The number of piperidine rings is 1. The standard InChI is InChI=1S/C22H25N3OS/c1-16-10-12-24(13-11-16)14-17-6-8-18(9-7-17)15-25-21(26)19-4-2-3-5-20(19)23-22(25)27/h2-9,16H,10-15H2,1H3,(H,23,27). The minimum atomic E-state index is -0.0409. The van der Waals surface area contributed by atoms with E-state index >= 15 is 0 Å². The van der Waals surface area contributed by atoms with Crippen molar-refractivity contribution >= 4 is 23.1 Å². The monoisotopic (exact) mass is 379 g/mol. The maximum absolute atomic E-state index is 12.8. The molecule has 3 aromatic rings. The highest BCUT2D eigenvalue weighted by Crippen LogP contribution is 2.18. The highest BCUT2D eigenvalue weighted by Gasteiger charge is 2.15. The van der Waals surface area contributed by atoms with Gasteiger partial charge in [-0.2, -0.15) is 0 Å². The van der Waals surface area contributed by atoms with Gasteiger partial charge in [0.05, 0.1) is 17.4 Å². The van der Waals surface area contributed by atoms with Gasteiger partial charge in [-0.3, -0.25) is 14.3 Å². The smallest absolute Gasteiger partial charge is 0.262 e. The van der Waals surface area contributed by atoms with Gasteiger partial charge in [0.1, 0.15) is 0 Å². The number of nitrogens with zero attached hydrogens (tertiary/aromatic N) is 2.